The maximum absolute atomic E-state index is 4.42. The monoisotopic (exact) mass is 280 g/mol. The highest BCUT2D eigenvalue weighted by Gasteiger charge is 2.05. The van der Waals surface area contributed by atoms with Crippen LogP contribution in [0.25, 0.3) is 10.9 Å². The molecule has 0 saturated heterocycles. The van der Waals surface area contributed by atoms with E-state index in [2.05, 4.69) is 58.4 Å². The molecule has 0 fully saturated rings. The van der Waals surface area contributed by atoms with Crippen LogP contribution in [0.5, 0.6) is 0 Å². The van der Waals surface area contributed by atoms with Gasteiger partial charge >= 0.3 is 0 Å². The largest absolute Gasteiger partial charge is 0.380 e. The molecule has 0 amide bonds. The van der Waals surface area contributed by atoms with E-state index in [1.807, 2.05) is 31.3 Å². The molecule has 21 heavy (non-hydrogen) atoms. The molecule has 0 unspecified atom stereocenters. The summed E-state index contributed by atoms with van der Waals surface area (Å²) in [5, 5.41) is 4.73. The summed E-state index contributed by atoms with van der Waals surface area (Å²) >= 11 is 0. The molecule has 2 aromatic heterocycles. The van der Waals surface area contributed by atoms with Gasteiger partial charge in [0, 0.05) is 44.8 Å². The van der Waals surface area contributed by atoms with Crippen LogP contribution in [-0.4, -0.2) is 23.6 Å². The van der Waals surface area contributed by atoms with Gasteiger partial charge in [-0.3, -0.25) is 0 Å². The van der Waals surface area contributed by atoms with E-state index in [0.717, 1.165) is 18.1 Å². The summed E-state index contributed by atoms with van der Waals surface area (Å²) in [7, 11) is 6.07. The number of para-hydroxylation sites is 1. The van der Waals surface area contributed by atoms with Crippen molar-refractivity contribution in [1.82, 2.24) is 9.55 Å². The molecular formula is C17H20N4. The lowest BCUT2D eigenvalue weighted by Crippen LogP contribution is -2.10. The minimum absolute atomic E-state index is 0.796. The average molecular weight is 280 g/mol. The molecule has 1 N–H and O–H groups in total. The quantitative estimate of drug-likeness (QED) is 0.796. The van der Waals surface area contributed by atoms with E-state index < -0.39 is 0 Å². The number of aryl methyl sites for hydroxylation is 1. The molecule has 0 atom stereocenters. The number of nitrogens with one attached hydrogen (secondary N) is 1. The SMILES string of the molecule is CN(C)c1ccc(NCc2cn(C)c3ccccc23)cn1. The zero-order valence-electron chi connectivity index (χ0n) is 12.7. The Kier molecular flexibility index (Phi) is 3.52. The zero-order valence-corrected chi connectivity index (χ0v) is 12.7. The molecular weight excluding hydrogens is 260 g/mol. The highest BCUT2D eigenvalue weighted by atomic mass is 15.1. The van der Waals surface area contributed by atoms with Gasteiger partial charge in [0.2, 0.25) is 0 Å². The second-order valence-electron chi connectivity index (χ2n) is 5.44. The Hall–Kier alpha value is -2.49. The number of anilines is 2. The van der Waals surface area contributed by atoms with Gasteiger partial charge in [-0.25, -0.2) is 4.98 Å². The molecule has 0 spiro atoms. The molecule has 2 heterocycles. The number of hydrogen-bond acceptors (Lipinski definition) is 3. The van der Waals surface area contributed by atoms with Crippen LogP contribution in [0.15, 0.2) is 48.8 Å². The highest BCUT2D eigenvalue weighted by Crippen LogP contribution is 2.21. The summed E-state index contributed by atoms with van der Waals surface area (Å²) in [5.41, 5.74) is 3.59. The Bertz CT molecular complexity index is 741. The van der Waals surface area contributed by atoms with Gasteiger partial charge in [-0.2, -0.15) is 0 Å². The van der Waals surface area contributed by atoms with E-state index in [1.54, 1.807) is 0 Å². The first-order chi connectivity index (χ1) is 10.1. The fourth-order valence-electron chi connectivity index (χ4n) is 2.52. The molecule has 0 bridgehead atoms. The Balaban J connectivity index is 1.77. The van der Waals surface area contributed by atoms with Crippen LogP contribution in [0.4, 0.5) is 11.5 Å². The molecule has 3 aromatic rings. The van der Waals surface area contributed by atoms with Crippen LogP contribution >= 0.6 is 0 Å². The second kappa shape index (κ2) is 5.48. The zero-order chi connectivity index (χ0) is 14.8. The van der Waals surface area contributed by atoms with Crippen molar-refractivity contribution in [3.8, 4) is 0 Å². The van der Waals surface area contributed by atoms with E-state index in [-0.39, 0.29) is 0 Å². The number of aromatic nitrogens is 2. The third-order valence-electron chi connectivity index (χ3n) is 3.67. The number of pyridine rings is 1. The summed E-state index contributed by atoms with van der Waals surface area (Å²) in [6.07, 6.45) is 4.06. The Morgan fingerprint density at radius 3 is 2.67 bits per heavy atom. The van der Waals surface area contributed by atoms with Gasteiger partial charge in [0.25, 0.3) is 0 Å². The van der Waals surface area contributed by atoms with E-state index in [1.165, 1.54) is 16.5 Å². The van der Waals surface area contributed by atoms with Crippen LogP contribution in [-0.2, 0) is 13.6 Å². The number of hydrogen-bond donors (Lipinski definition) is 1. The van der Waals surface area contributed by atoms with Crippen LogP contribution in [0.1, 0.15) is 5.56 Å². The summed E-state index contributed by atoms with van der Waals surface area (Å²) in [6.45, 7) is 0.796. The molecule has 4 nitrogen and oxygen atoms in total. The smallest absolute Gasteiger partial charge is 0.128 e. The number of nitrogens with zero attached hydrogens (tertiary/aromatic N) is 3. The molecule has 3 rings (SSSR count). The first-order valence-corrected chi connectivity index (χ1v) is 7.05. The molecule has 1 aromatic carbocycles. The Labute approximate surface area is 125 Å². The third kappa shape index (κ3) is 2.70. The molecule has 4 heteroatoms. The standard InChI is InChI=1S/C17H20N4/c1-20(2)17-9-8-14(11-19-17)18-10-13-12-21(3)16-7-5-4-6-15(13)16/h4-9,11-12,18H,10H2,1-3H3. The maximum atomic E-state index is 4.42. The normalized spacial score (nSPS) is 10.8. The Morgan fingerprint density at radius 2 is 1.95 bits per heavy atom. The molecule has 108 valence electrons. The molecule has 0 aliphatic carbocycles. The Morgan fingerprint density at radius 1 is 1.14 bits per heavy atom. The van der Waals surface area contributed by atoms with Gasteiger partial charge < -0.3 is 14.8 Å². The predicted octanol–water partition coefficient (Wildman–Crippen LogP) is 3.25. The first-order valence-electron chi connectivity index (χ1n) is 7.05. The van der Waals surface area contributed by atoms with Crippen molar-refractivity contribution < 1.29 is 0 Å². The van der Waals surface area contributed by atoms with Crippen molar-refractivity contribution in [3.63, 3.8) is 0 Å². The van der Waals surface area contributed by atoms with E-state index in [0.29, 0.717) is 0 Å². The van der Waals surface area contributed by atoms with Crippen molar-refractivity contribution in [3.05, 3.63) is 54.4 Å². The van der Waals surface area contributed by atoms with Crippen LogP contribution in [0, 0.1) is 0 Å². The van der Waals surface area contributed by atoms with Crippen molar-refractivity contribution >= 4 is 22.4 Å². The minimum Gasteiger partial charge on any atom is -0.380 e. The van der Waals surface area contributed by atoms with E-state index in [4.69, 9.17) is 0 Å². The van der Waals surface area contributed by atoms with Gasteiger partial charge in [0.15, 0.2) is 0 Å². The van der Waals surface area contributed by atoms with Crippen molar-refractivity contribution in [2.24, 2.45) is 7.05 Å². The number of fused-ring (bicyclic) bond motifs is 1. The highest BCUT2D eigenvalue weighted by molar-refractivity contribution is 5.84. The summed E-state index contributed by atoms with van der Waals surface area (Å²) in [5.74, 6) is 0.964. The average Bonchev–Trinajstić information content (AvgIpc) is 2.83. The van der Waals surface area contributed by atoms with Crippen LogP contribution in [0.3, 0.4) is 0 Å². The van der Waals surface area contributed by atoms with Gasteiger partial charge in [-0.05, 0) is 23.8 Å². The second-order valence-corrected chi connectivity index (χ2v) is 5.44. The lowest BCUT2D eigenvalue weighted by atomic mass is 10.2. The number of rotatable bonds is 4. The van der Waals surface area contributed by atoms with Gasteiger partial charge in [0.1, 0.15) is 5.82 Å². The van der Waals surface area contributed by atoms with Crippen molar-refractivity contribution in [1.29, 1.82) is 0 Å². The molecule has 0 aliphatic heterocycles. The summed E-state index contributed by atoms with van der Waals surface area (Å²) in [6, 6.07) is 12.5. The minimum atomic E-state index is 0.796. The summed E-state index contributed by atoms with van der Waals surface area (Å²) < 4.78 is 2.17. The number of benzene rings is 1. The lowest BCUT2D eigenvalue weighted by molar-refractivity contribution is 0.955. The maximum Gasteiger partial charge on any atom is 0.128 e. The third-order valence-corrected chi connectivity index (χ3v) is 3.67. The van der Waals surface area contributed by atoms with Crippen LogP contribution < -0.4 is 10.2 Å². The van der Waals surface area contributed by atoms with Gasteiger partial charge in [-0.15, -0.1) is 0 Å². The fourth-order valence-corrected chi connectivity index (χ4v) is 2.52. The van der Waals surface area contributed by atoms with E-state index in [9.17, 15) is 0 Å². The van der Waals surface area contributed by atoms with Crippen molar-refractivity contribution in [2.75, 3.05) is 24.3 Å². The molecule has 0 radical (unpaired) electrons. The van der Waals surface area contributed by atoms with E-state index >= 15 is 0 Å². The lowest BCUT2D eigenvalue weighted by Gasteiger charge is -2.12. The topological polar surface area (TPSA) is 33.1 Å². The van der Waals surface area contributed by atoms with Gasteiger partial charge in [0.05, 0.1) is 11.9 Å². The molecule has 0 saturated carbocycles. The molecule has 0 aliphatic rings. The first kappa shape index (κ1) is 13.5. The van der Waals surface area contributed by atoms with Crippen LogP contribution in [0.2, 0.25) is 0 Å². The summed E-state index contributed by atoms with van der Waals surface area (Å²) in [4.78, 5) is 6.41. The van der Waals surface area contributed by atoms with Crippen molar-refractivity contribution in [2.45, 2.75) is 6.54 Å². The predicted molar refractivity (Wildman–Crippen MR) is 88.8 cm³/mol. The fraction of sp³-hybridized carbons (Fsp3) is 0.235. The van der Waals surface area contributed by atoms with Gasteiger partial charge in [-0.1, -0.05) is 18.2 Å².